The highest BCUT2D eigenvalue weighted by atomic mass is 16.7. The Morgan fingerprint density at radius 2 is 1.19 bits per heavy atom. The number of unbranched alkanes of at least 4 members (excludes halogenated alkanes) is 9. The number of hydrogen-bond donors (Lipinski definition) is 8. The number of imide groups is 1. The zero-order valence-corrected chi connectivity index (χ0v) is 36.9. The molecule has 1 fully saturated rings. The van der Waals surface area contributed by atoms with Crippen LogP contribution in [-0.4, -0.2) is 165 Å². The van der Waals surface area contributed by atoms with E-state index in [1.54, 1.807) is 0 Å². The maximum Gasteiger partial charge on any atom is 0.253 e. The number of carbonyl (C=O) groups excluding carboxylic acids is 7. The maximum absolute atomic E-state index is 12.8. The number of ether oxygens (including phenoxy) is 4. The van der Waals surface area contributed by atoms with Crippen molar-refractivity contribution >= 4 is 41.9 Å². The minimum absolute atomic E-state index is 0.0936. The Kier molecular flexibility index (Phi) is 30.9. The molecule has 0 radical (unpaired) electrons. The molecule has 2 heterocycles. The number of hydrogen-bond acceptors (Lipinski definition) is 14. The summed E-state index contributed by atoms with van der Waals surface area (Å²) in [7, 11) is 0. The predicted molar refractivity (Wildman–Crippen MR) is 229 cm³/mol. The Hall–Kier alpha value is -4.05. The highest BCUT2D eigenvalue weighted by molar-refractivity contribution is 6.12. The number of aliphatic hydroxyl groups excluding tert-OH is 3. The van der Waals surface area contributed by atoms with Crippen molar-refractivity contribution in [3.8, 4) is 0 Å². The van der Waals surface area contributed by atoms with Gasteiger partial charge in [-0.15, -0.1) is 0 Å². The van der Waals surface area contributed by atoms with Gasteiger partial charge in [0.25, 0.3) is 11.8 Å². The van der Waals surface area contributed by atoms with E-state index in [1.165, 1.54) is 17.1 Å². The van der Waals surface area contributed by atoms with Crippen LogP contribution >= 0.6 is 0 Å². The van der Waals surface area contributed by atoms with Gasteiger partial charge in [-0.2, -0.15) is 0 Å². The molecule has 0 saturated carbocycles. The van der Waals surface area contributed by atoms with E-state index in [-0.39, 0.29) is 81.1 Å². The van der Waals surface area contributed by atoms with Gasteiger partial charge >= 0.3 is 0 Å². The summed E-state index contributed by atoms with van der Waals surface area (Å²) in [5.41, 5.74) is 0. The SMILES string of the molecule is O=CNCCCNC(=O)CCOCC(COCCC(=O)NCCCNC(=O)CCCCOC1CC(O)C(O)C(CO)O1)NC(=O)CCCCCCCCCCCN1C(=O)C=CC1=O. The van der Waals surface area contributed by atoms with E-state index in [2.05, 4.69) is 26.6 Å². The fourth-order valence-electron chi connectivity index (χ4n) is 6.72. The molecule has 7 amide bonds. The molecule has 2 rings (SSSR count). The van der Waals surface area contributed by atoms with Crippen LogP contribution in [0.5, 0.6) is 0 Å². The number of rotatable bonds is 39. The summed E-state index contributed by atoms with van der Waals surface area (Å²) in [6.07, 6.45) is 11.3. The predicted octanol–water partition coefficient (Wildman–Crippen LogP) is 0.00140. The maximum atomic E-state index is 12.8. The Morgan fingerprint density at radius 3 is 1.76 bits per heavy atom. The van der Waals surface area contributed by atoms with Crippen LogP contribution in [-0.2, 0) is 52.5 Å². The Labute approximate surface area is 371 Å². The first kappa shape index (κ1) is 55.1. The largest absolute Gasteiger partial charge is 0.394 e. The minimum atomic E-state index is -1.17. The molecule has 20 heteroatoms. The summed E-state index contributed by atoms with van der Waals surface area (Å²) in [6, 6.07) is -0.485. The third-order valence-electron chi connectivity index (χ3n) is 10.4. The second kappa shape index (κ2) is 35.3. The fraction of sp³-hybridized carbons (Fsp3) is 0.791. The topological polar surface area (TPSA) is 280 Å². The smallest absolute Gasteiger partial charge is 0.253 e. The first-order valence-electron chi connectivity index (χ1n) is 22.7. The number of carbonyl (C=O) groups is 7. The molecule has 20 nitrogen and oxygen atoms in total. The molecule has 360 valence electrons. The van der Waals surface area contributed by atoms with E-state index < -0.39 is 37.3 Å². The lowest BCUT2D eigenvalue weighted by Gasteiger charge is -2.36. The molecule has 0 aromatic rings. The van der Waals surface area contributed by atoms with Gasteiger partial charge in [-0.25, -0.2) is 0 Å². The zero-order valence-electron chi connectivity index (χ0n) is 36.9. The van der Waals surface area contributed by atoms with Crippen LogP contribution in [0.1, 0.15) is 116 Å². The van der Waals surface area contributed by atoms with Crippen molar-refractivity contribution in [3.05, 3.63) is 12.2 Å². The molecule has 0 spiro atoms. The molecule has 0 bridgehead atoms. The van der Waals surface area contributed by atoms with Crippen LogP contribution in [0.2, 0.25) is 0 Å². The van der Waals surface area contributed by atoms with Crippen molar-refractivity contribution < 1.29 is 67.8 Å². The number of nitrogens with one attached hydrogen (secondary N) is 5. The number of aliphatic hydroxyl groups is 3. The van der Waals surface area contributed by atoms with Gasteiger partial charge in [-0.3, -0.25) is 38.5 Å². The van der Waals surface area contributed by atoms with Gasteiger partial charge < -0.3 is 60.9 Å². The first-order chi connectivity index (χ1) is 30.5. The van der Waals surface area contributed by atoms with Crippen molar-refractivity contribution in [2.75, 3.05) is 72.4 Å². The monoisotopic (exact) mass is 899 g/mol. The van der Waals surface area contributed by atoms with E-state index in [1.807, 2.05) is 0 Å². The second-order valence-electron chi connectivity index (χ2n) is 15.7. The number of nitrogens with zero attached hydrogens (tertiary/aromatic N) is 1. The van der Waals surface area contributed by atoms with Gasteiger partial charge in [-0.1, -0.05) is 44.9 Å². The standard InChI is InChI=1S/C43H74N6O14/c50-29-35-43(59)34(52)28-42(63-35)62-25-11-9-14-36(53)45-22-13-23-47-38(55)19-27-61-31-33(30-60-26-18-37(54)46-21-12-20-44-32-51)48-39(56)15-8-6-4-2-1-3-5-7-10-24-49-40(57)16-17-41(49)58/h16-17,32-35,42-43,50,52,59H,1-15,18-31H2,(H,44,51)(H,45,53)(H,46,54)(H,47,55)(H,48,56). The van der Waals surface area contributed by atoms with Gasteiger partial charge in [0.1, 0.15) is 12.2 Å². The molecule has 63 heavy (non-hydrogen) atoms. The number of amides is 7. The van der Waals surface area contributed by atoms with E-state index in [9.17, 15) is 48.9 Å². The third-order valence-corrected chi connectivity index (χ3v) is 10.4. The first-order valence-corrected chi connectivity index (χ1v) is 22.7. The molecular formula is C43H74N6O14. The van der Waals surface area contributed by atoms with Crippen molar-refractivity contribution in [1.29, 1.82) is 0 Å². The van der Waals surface area contributed by atoms with Crippen LogP contribution in [0.25, 0.3) is 0 Å². The lowest BCUT2D eigenvalue weighted by atomic mass is 10.0. The fourth-order valence-corrected chi connectivity index (χ4v) is 6.72. The Morgan fingerprint density at radius 1 is 0.683 bits per heavy atom. The molecule has 8 N–H and O–H groups in total. The lowest BCUT2D eigenvalue weighted by molar-refractivity contribution is -0.256. The Bertz CT molecular complexity index is 1360. The summed E-state index contributed by atoms with van der Waals surface area (Å²) >= 11 is 0. The van der Waals surface area contributed by atoms with Crippen LogP contribution in [0, 0.1) is 0 Å². The average Bonchev–Trinajstić information content (AvgIpc) is 3.58. The molecule has 2 aliphatic rings. The molecule has 0 aromatic heterocycles. The normalized spacial score (nSPS) is 18.9. The van der Waals surface area contributed by atoms with Gasteiger partial charge in [0.2, 0.25) is 30.0 Å². The molecule has 0 aliphatic carbocycles. The molecular weight excluding hydrogens is 825 g/mol. The van der Waals surface area contributed by atoms with Gasteiger partial charge in [0.15, 0.2) is 6.29 Å². The van der Waals surface area contributed by atoms with E-state index >= 15 is 0 Å². The van der Waals surface area contributed by atoms with Crippen LogP contribution in [0.15, 0.2) is 12.2 Å². The summed E-state index contributed by atoms with van der Waals surface area (Å²) in [4.78, 5) is 84.3. The van der Waals surface area contributed by atoms with Gasteiger partial charge in [-0.05, 0) is 38.5 Å². The van der Waals surface area contributed by atoms with Crippen molar-refractivity contribution in [1.82, 2.24) is 31.5 Å². The Balaban J connectivity index is 1.55. The average molecular weight is 899 g/mol. The molecule has 0 aromatic carbocycles. The lowest BCUT2D eigenvalue weighted by Crippen LogP contribution is -2.50. The van der Waals surface area contributed by atoms with Gasteiger partial charge in [0, 0.05) is 83.6 Å². The van der Waals surface area contributed by atoms with Gasteiger partial charge in [0.05, 0.1) is 45.2 Å². The highest BCUT2D eigenvalue weighted by Gasteiger charge is 2.36. The zero-order chi connectivity index (χ0) is 45.9. The molecule has 5 atom stereocenters. The summed E-state index contributed by atoms with van der Waals surface area (Å²) in [6.45, 7) is 2.46. The highest BCUT2D eigenvalue weighted by Crippen LogP contribution is 2.21. The third kappa shape index (κ3) is 27.0. The molecule has 2 aliphatic heterocycles. The summed E-state index contributed by atoms with van der Waals surface area (Å²) in [5, 5.41) is 42.8. The summed E-state index contributed by atoms with van der Waals surface area (Å²) in [5.74, 6) is -1.14. The molecule has 5 unspecified atom stereocenters. The quantitative estimate of drug-likeness (QED) is 0.0229. The second-order valence-corrected chi connectivity index (χ2v) is 15.7. The van der Waals surface area contributed by atoms with Crippen molar-refractivity contribution in [3.63, 3.8) is 0 Å². The van der Waals surface area contributed by atoms with Crippen LogP contribution < -0.4 is 26.6 Å². The van der Waals surface area contributed by atoms with Crippen molar-refractivity contribution in [2.24, 2.45) is 0 Å². The minimum Gasteiger partial charge on any atom is -0.394 e. The van der Waals surface area contributed by atoms with E-state index in [0.29, 0.717) is 84.3 Å². The summed E-state index contributed by atoms with van der Waals surface area (Å²) < 4.78 is 22.4. The van der Waals surface area contributed by atoms with Crippen molar-refractivity contribution in [2.45, 2.75) is 146 Å². The van der Waals surface area contributed by atoms with E-state index in [0.717, 1.165) is 57.8 Å². The van der Waals surface area contributed by atoms with Crippen LogP contribution in [0.4, 0.5) is 0 Å². The molecule has 1 saturated heterocycles. The van der Waals surface area contributed by atoms with E-state index in [4.69, 9.17) is 18.9 Å². The van der Waals surface area contributed by atoms with Crippen LogP contribution in [0.3, 0.4) is 0 Å².